The predicted octanol–water partition coefficient (Wildman–Crippen LogP) is 4.32. The van der Waals surface area contributed by atoms with Crippen LogP contribution in [0.15, 0.2) is 42.5 Å². The van der Waals surface area contributed by atoms with Gasteiger partial charge in [0.15, 0.2) is 6.23 Å². The van der Waals surface area contributed by atoms with Gasteiger partial charge in [-0.05, 0) is 43.7 Å². The molecular weight excluding hydrogens is 408 g/mol. The van der Waals surface area contributed by atoms with E-state index in [2.05, 4.69) is 0 Å². The van der Waals surface area contributed by atoms with E-state index >= 15 is 0 Å². The number of urea groups is 1. The maximum absolute atomic E-state index is 13.2. The molecule has 1 fully saturated rings. The molecular formula is C22H23ClN2O5. The van der Waals surface area contributed by atoms with Gasteiger partial charge in [0.25, 0.3) is 0 Å². The average molecular weight is 431 g/mol. The van der Waals surface area contributed by atoms with Crippen LogP contribution in [-0.2, 0) is 27.3 Å². The highest BCUT2D eigenvalue weighted by molar-refractivity contribution is 6.30. The summed E-state index contributed by atoms with van der Waals surface area (Å²) in [6.07, 6.45) is -0.120. The van der Waals surface area contributed by atoms with Gasteiger partial charge in [-0.25, -0.2) is 9.63 Å². The molecule has 7 nitrogen and oxygen atoms in total. The van der Waals surface area contributed by atoms with E-state index in [1.54, 1.807) is 24.3 Å². The molecule has 158 valence electrons. The molecule has 0 bridgehead atoms. The number of anilines is 1. The van der Waals surface area contributed by atoms with Gasteiger partial charge in [0.1, 0.15) is 11.4 Å². The van der Waals surface area contributed by atoms with Crippen LogP contribution in [0.2, 0.25) is 5.02 Å². The highest BCUT2D eigenvalue weighted by Crippen LogP contribution is 2.39. The highest BCUT2D eigenvalue weighted by atomic mass is 35.5. The number of carbonyl (C=O) groups excluding carboxylic acids is 2. The number of amides is 2. The van der Waals surface area contributed by atoms with Crippen LogP contribution in [0.4, 0.5) is 10.5 Å². The Hall–Kier alpha value is -2.77. The number of halogens is 1. The first-order valence-electron chi connectivity index (χ1n) is 9.67. The molecule has 0 N–H and O–H groups in total. The molecule has 2 aliphatic heterocycles. The quantitative estimate of drug-likeness (QED) is 0.661. The summed E-state index contributed by atoms with van der Waals surface area (Å²) in [4.78, 5) is 32.4. The summed E-state index contributed by atoms with van der Waals surface area (Å²) in [5.74, 6) is 0.313. The number of fused-ring (bicyclic) bond motifs is 1. The molecule has 2 heterocycles. The Balaban J connectivity index is 1.61. The van der Waals surface area contributed by atoms with Crippen molar-refractivity contribution in [3.8, 4) is 5.75 Å². The van der Waals surface area contributed by atoms with Crippen molar-refractivity contribution < 1.29 is 23.9 Å². The van der Waals surface area contributed by atoms with Gasteiger partial charge in [0.05, 0.1) is 20.1 Å². The first-order chi connectivity index (χ1) is 14.3. The fourth-order valence-corrected chi connectivity index (χ4v) is 3.90. The van der Waals surface area contributed by atoms with E-state index in [-0.39, 0.29) is 24.6 Å². The smallest absolute Gasteiger partial charge is 0.351 e. The molecule has 2 aliphatic rings. The van der Waals surface area contributed by atoms with Crippen LogP contribution in [0.1, 0.15) is 31.4 Å². The highest BCUT2D eigenvalue weighted by Gasteiger charge is 2.42. The summed E-state index contributed by atoms with van der Waals surface area (Å²) in [5.41, 5.74) is 2.24. The van der Waals surface area contributed by atoms with Crippen molar-refractivity contribution in [2.75, 3.05) is 12.0 Å². The molecule has 0 spiro atoms. The van der Waals surface area contributed by atoms with Crippen molar-refractivity contribution >= 4 is 29.3 Å². The van der Waals surface area contributed by atoms with Gasteiger partial charge in [-0.1, -0.05) is 29.8 Å². The monoisotopic (exact) mass is 430 g/mol. The van der Waals surface area contributed by atoms with Crippen molar-refractivity contribution in [3.63, 3.8) is 0 Å². The van der Waals surface area contributed by atoms with Crippen LogP contribution in [0.3, 0.4) is 0 Å². The number of benzene rings is 2. The number of para-hydroxylation sites is 1. The molecule has 0 aliphatic carbocycles. The lowest BCUT2D eigenvalue weighted by molar-refractivity contribution is -0.155. The molecule has 0 saturated carbocycles. The average Bonchev–Trinajstić information content (AvgIpc) is 3.18. The van der Waals surface area contributed by atoms with E-state index in [1.807, 2.05) is 32.0 Å². The number of carbonyl (C=O) groups is 2. The van der Waals surface area contributed by atoms with Gasteiger partial charge in [-0.3, -0.25) is 9.69 Å². The Morgan fingerprint density at radius 2 is 1.97 bits per heavy atom. The molecule has 2 aromatic carbocycles. The third-order valence-electron chi connectivity index (χ3n) is 5.12. The minimum absolute atomic E-state index is 0.0994. The minimum atomic E-state index is -0.819. The summed E-state index contributed by atoms with van der Waals surface area (Å²) in [5, 5.41) is 1.80. The van der Waals surface area contributed by atoms with Crippen molar-refractivity contribution in [2.45, 2.75) is 45.1 Å². The third-order valence-corrected chi connectivity index (χ3v) is 5.37. The Bertz CT molecular complexity index is 976. The van der Waals surface area contributed by atoms with E-state index < -0.39 is 12.2 Å². The number of hydroxylamine groups is 2. The predicted molar refractivity (Wildman–Crippen MR) is 111 cm³/mol. The standard InChI is InChI=1S/C22H23ClN2O5/c1-22(2)12-14-5-4-6-15(20(14)29-22)13-24-21(27)25(17-9-7-16(23)8-10-17)18(30-24)11-19(26)28-3/h4-10,18H,11-13H2,1-3H3. The maximum atomic E-state index is 13.2. The fourth-order valence-electron chi connectivity index (χ4n) is 3.78. The summed E-state index contributed by atoms with van der Waals surface area (Å²) in [6, 6.07) is 12.3. The van der Waals surface area contributed by atoms with Crippen molar-refractivity contribution in [1.29, 1.82) is 0 Å². The minimum Gasteiger partial charge on any atom is -0.487 e. The van der Waals surface area contributed by atoms with Crippen LogP contribution in [-0.4, -0.2) is 36.0 Å². The summed E-state index contributed by atoms with van der Waals surface area (Å²) < 4.78 is 10.9. The Morgan fingerprint density at radius 1 is 1.23 bits per heavy atom. The second-order valence-corrected chi connectivity index (χ2v) is 8.39. The summed E-state index contributed by atoms with van der Waals surface area (Å²) in [6.45, 7) is 4.26. The van der Waals surface area contributed by atoms with Gasteiger partial charge in [0, 0.05) is 22.7 Å². The molecule has 1 atom stereocenters. The Labute approximate surface area is 180 Å². The zero-order valence-electron chi connectivity index (χ0n) is 17.1. The summed E-state index contributed by atoms with van der Waals surface area (Å²) in [7, 11) is 1.30. The lowest BCUT2D eigenvalue weighted by Gasteiger charge is -2.20. The van der Waals surface area contributed by atoms with Crippen LogP contribution < -0.4 is 9.64 Å². The van der Waals surface area contributed by atoms with E-state index in [9.17, 15) is 9.59 Å². The lowest BCUT2D eigenvalue weighted by atomic mass is 10.0. The largest absolute Gasteiger partial charge is 0.487 e. The van der Waals surface area contributed by atoms with Gasteiger partial charge >= 0.3 is 12.0 Å². The number of ether oxygens (including phenoxy) is 2. The van der Waals surface area contributed by atoms with Gasteiger partial charge in [0.2, 0.25) is 0 Å². The number of rotatable bonds is 5. The van der Waals surface area contributed by atoms with Gasteiger partial charge in [-0.15, -0.1) is 0 Å². The number of nitrogens with zero attached hydrogens (tertiary/aromatic N) is 2. The van der Waals surface area contributed by atoms with Gasteiger partial charge in [-0.2, -0.15) is 5.06 Å². The SMILES string of the molecule is COC(=O)CC1ON(Cc2cccc3c2OC(C)(C)C3)C(=O)N1c1ccc(Cl)cc1. The lowest BCUT2D eigenvalue weighted by Crippen LogP contribution is -2.36. The fraction of sp³-hybridized carbons (Fsp3) is 0.364. The molecule has 8 heteroatoms. The zero-order valence-corrected chi connectivity index (χ0v) is 17.8. The van der Waals surface area contributed by atoms with Crippen LogP contribution in [0.5, 0.6) is 5.75 Å². The van der Waals surface area contributed by atoms with Crippen LogP contribution in [0, 0.1) is 0 Å². The normalized spacial score (nSPS) is 19.6. The van der Waals surface area contributed by atoms with Crippen molar-refractivity contribution in [3.05, 3.63) is 58.6 Å². The second-order valence-electron chi connectivity index (χ2n) is 7.95. The number of hydrogen-bond acceptors (Lipinski definition) is 5. The van der Waals surface area contributed by atoms with Crippen molar-refractivity contribution in [1.82, 2.24) is 5.06 Å². The molecule has 30 heavy (non-hydrogen) atoms. The molecule has 4 rings (SSSR count). The Morgan fingerprint density at radius 3 is 2.67 bits per heavy atom. The molecule has 1 saturated heterocycles. The van der Waals surface area contributed by atoms with E-state index in [4.69, 9.17) is 25.9 Å². The van der Waals surface area contributed by atoms with Crippen LogP contribution in [0.25, 0.3) is 0 Å². The van der Waals surface area contributed by atoms with E-state index in [0.717, 1.165) is 23.3 Å². The molecule has 0 radical (unpaired) electrons. The number of methoxy groups -OCH3 is 1. The molecule has 0 aromatic heterocycles. The topological polar surface area (TPSA) is 68.3 Å². The zero-order chi connectivity index (χ0) is 21.5. The first-order valence-corrected chi connectivity index (χ1v) is 10.0. The van der Waals surface area contributed by atoms with E-state index in [0.29, 0.717) is 10.7 Å². The Kier molecular flexibility index (Phi) is 5.34. The maximum Gasteiger partial charge on any atom is 0.351 e. The van der Waals surface area contributed by atoms with Gasteiger partial charge < -0.3 is 9.47 Å². The molecule has 1 unspecified atom stereocenters. The van der Waals surface area contributed by atoms with E-state index in [1.165, 1.54) is 17.1 Å². The third kappa shape index (κ3) is 3.95. The van der Waals surface area contributed by atoms with Crippen molar-refractivity contribution in [2.24, 2.45) is 0 Å². The molecule has 2 aromatic rings. The molecule has 2 amide bonds. The number of esters is 1. The van der Waals surface area contributed by atoms with Crippen LogP contribution >= 0.6 is 11.6 Å². The number of hydrogen-bond donors (Lipinski definition) is 0. The second kappa shape index (κ2) is 7.81. The first kappa shape index (κ1) is 20.5. The summed E-state index contributed by atoms with van der Waals surface area (Å²) >= 11 is 5.98.